The molecule has 0 aliphatic heterocycles. The first-order valence-electron chi connectivity index (χ1n) is 4.55. The molecular formula is C12H11BrO3. The second-order valence-corrected chi connectivity index (χ2v) is 4.62. The molecule has 4 heteroatoms. The highest BCUT2D eigenvalue weighted by Gasteiger charge is 2.20. The third kappa shape index (κ3) is 3.01. The summed E-state index contributed by atoms with van der Waals surface area (Å²) in [7, 11) is 0. The van der Waals surface area contributed by atoms with Crippen LogP contribution in [0.5, 0.6) is 5.75 Å². The van der Waals surface area contributed by atoms with E-state index in [1.54, 1.807) is 26.0 Å². The van der Waals surface area contributed by atoms with E-state index in [1.807, 2.05) is 0 Å². The van der Waals surface area contributed by atoms with E-state index in [9.17, 15) is 4.79 Å². The van der Waals surface area contributed by atoms with Crippen LogP contribution in [0.1, 0.15) is 24.2 Å². The Morgan fingerprint density at radius 1 is 1.56 bits per heavy atom. The lowest BCUT2D eigenvalue weighted by Crippen LogP contribution is -2.26. The maximum Gasteiger partial charge on any atom is 0.339 e. The van der Waals surface area contributed by atoms with Gasteiger partial charge in [0.1, 0.15) is 11.3 Å². The first kappa shape index (κ1) is 12.6. The van der Waals surface area contributed by atoms with E-state index in [2.05, 4.69) is 21.9 Å². The standard InChI is InChI=1S/C12H11BrO3/c1-4-12(2,3)16-10-6-5-8(13)7-9(10)11(14)15/h1,5-7H,2-3H3,(H,14,15). The van der Waals surface area contributed by atoms with Crippen LogP contribution in [-0.2, 0) is 0 Å². The topological polar surface area (TPSA) is 46.5 Å². The summed E-state index contributed by atoms with van der Waals surface area (Å²) in [6.07, 6.45) is 5.28. The monoisotopic (exact) mass is 282 g/mol. The van der Waals surface area contributed by atoms with E-state index < -0.39 is 11.6 Å². The van der Waals surface area contributed by atoms with E-state index >= 15 is 0 Å². The lowest BCUT2D eigenvalue weighted by atomic mass is 10.1. The molecule has 1 rings (SSSR count). The highest BCUT2D eigenvalue weighted by atomic mass is 79.9. The van der Waals surface area contributed by atoms with Crippen LogP contribution < -0.4 is 4.74 Å². The van der Waals surface area contributed by atoms with Gasteiger partial charge in [-0.15, -0.1) is 6.42 Å². The minimum atomic E-state index is -1.05. The highest BCUT2D eigenvalue weighted by molar-refractivity contribution is 9.10. The number of aromatic carboxylic acids is 1. The highest BCUT2D eigenvalue weighted by Crippen LogP contribution is 2.26. The Morgan fingerprint density at radius 2 is 2.19 bits per heavy atom. The summed E-state index contributed by atoms with van der Waals surface area (Å²) in [5.41, 5.74) is -0.754. The van der Waals surface area contributed by atoms with Gasteiger partial charge in [0, 0.05) is 4.47 Å². The number of carboxylic acid groups (broad SMARTS) is 1. The molecule has 0 aliphatic carbocycles. The van der Waals surface area contributed by atoms with Crippen molar-refractivity contribution in [2.45, 2.75) is 19.4 Å². The molecule has 0 spiro atoms. The Labute approximate surface area is 103 Å². The molecule has 0 aliphatic rings. The van der Waals surface area contributed by atoms with Gasteiger partial charge in [-0.1, -0.05) is 21.9 Å². The molecule has 84 valence electrons. The molecule has 0 unspecified atom stereocenters. The predicted molar refractivity (Wildman–Crippen MR) is 64.6 cm³/mol. The molecule has 1 aromatic rings. The van der Waals surface area contributed by atoms with Gasteiger partial charge in [-0.3, -0.25) is 0 Å². The van der Waals surface area contributed by atoms with Crippen molar-refractivity contribution in [1.82, 2.24) is 0 Å². The molecule has 0 heterocycles. The van der Waals surface area contributed by atoms with E-state index in [4.69, 9.17) is 16.3 Å². The minimum Gasteiger partial charge on any atom is -0.478 e. The van der Waals surface area contributed by atoms with Crippen molar-refractivity contribution in [3.05, 3.63) is 28.2 Å². The number of terminal acetylenes is 1. The summed E-state index contributed by atoms with van der Waals surface area (Å²) in [4.78, 5) is 11.0. The third-order valence-corrected chi connectivity index (χ3v) is 2.38. The van der Waals surface area contributed by atoms with Gasteiger partial charge in [-0.2, -0.15) is 0 Å². The Kier molecular flexibility index (Phi) is 3.61. The Bertz CT molecular complexity index is 458. The smallest absolute Gasteiger partial charge is 0.339 e. The number of benzene rings is 1. The van der Waals surface area contributed by atoms with Crippen LogP contribution >= 0.6 is 15.9 Å². The fourth-order valence-corrected chi connectivity index (χ4v) is 1.42. The van der Waals surface area contributed by atoms with Gasteiger partial charge in [-0.25, -0.2) is 4.79 Å². The third-order valence-electron chi connectivity index (χ3n) is 1.88. The van der Waals surface area contributed by atoms with Gasteiger partial charge in [0.2, 0.25) is 0 Å². The van der Waals surface area contributed by atoms with Crippen LogP contribution in [0.2, 0.25) is 0 Å². The Hall–Kier alpha value is -1.47. The molecule has 3 nitrogen and oxygen atoms in total. The average molecular weight is 283 g/mol. The Morgan fingerprint density at radius 3 is 2.69 bits per heavy atom. The van der Waals surface area contributed by atoms with E-state index in [-0.39, 0.29) is 11.3 Å². The summed E-state index contributed by atoms with van der Waals surface area (Å²) in [5, 5.41) is 9.01. The fraction of sp³-hybridized carbons (Fsp3) is 0.250. The molecule has 0 atom stereocenters. The summed E-state index contributed by atoms with van der Waals surface area (Å²) >= 11 is 3.20. The first-order valence-corrected chi connectivity index (χ1v) is 5.34. The molecule has 0 aromatic heterocycles. The Balaban J connectivity index is 3.15. The van der Waals surface area contributed by atoms with Crippen molar-refractivity contribution in [2.75, 3.05) is 0 Å². The quantitative estimate of drug-likeness (QED) is 0.867. The van der Waals surface area contributed by atoms with Crippen molar-refractivity contribution in [1.29, 1.82) is 0 Å². The van der Waals surface area contributed by atoms with Crippen molar-refractivity contribution in [3.8, 4) is 18.1 Å². The summed E-state index contributed by atoms with van der Waals surface area (Å²) in [5.74, 6) is 1.65. The molecule has 16 heavy (non-hydrogen) atoms. The van der Waals surface area contributed by atoms with Crippen LogP contribution in [0.15, 0.2) is 22.7 Å². The molecular weight excluding hydrogens is 272 g/mol. The van der Waals surface area contributed by atoms with Crippen LogP contribution in [0.4, 0.5) is 0 Å². The summed E-state index contributed by atoms with van der Waals surface area (Å²) < 4.78 is 6.14. The molecule has 1 N–H and O–H groups in total. The fourth-order valence-electron chi connectivity index (χ4n) is 1.06. The zero-order valence-corrected chi connectivity index (χ0v) is 10.5. The van der Waals surface area contributed by atoms with Crippen molar-refractivity contribution < 1.29 is 14.6 Å². The SMILES string of the molecule is C#CC(C)(C)Oc1ccc(Br)cc1C(=O)O. The van der Waals surface area contributed by atoms with E-state index in [0.717, 1.165) is 0 Å². The van der Waals surface area contributed by atoms with Gasteiger partial charge < -0.3 is 9.84 Å². The number of ether oxygens (including phenoxy) is 1. The number of hydrogen-bond donors (Lipinski definition) is 1. The van der Waals surface area contributed by atoms with Gasteiger partial charge in [0.25, 0.3) is 0 Å². The van der Waals surface area contributed by atoms with Gasteiger partial charge in [0.05, 0.1) is 0 Å². The molecule has 0 amide bonds. The van der Waals surface area contributed by atoms with Gasteiger partial charge in [0.15, 0.2) is 5.60 Å². The lowest BCUT2D eigenvalue weighted by molar-refractivity contribution is 0.0686. The zero-order valence-electron chi connectivity index (χ0n) is 8.95. The number of carbonyl (C=O) groups is 1. The van der Waals surface area contributed by atoms with Crippen molar-refractivity contribution in [3.63, 3.8) is 0 Å². The largest absolute Gasteiger partial charge is 0.478 e. The normalized spacial score (nSPS) is 10.6. The predicted octanol–water partition coefficient (Wildman–Crippen LogP) is 2.94. The van der Waals surface area contributed by atoms with Crippen molar-refractivity contribution in [2.24, 2.45) is 0 Å². The van der Waals surface area contributed by atoms with Crippen LogP contribution in [0, 0.1) is 12.3 Å². The van der Waals surface area contributed by atoms with Crippen molar-refractivity contribution >= 4 is 21.9 Å². The number of halogens is 1. The van der Waals surface area contributed by atoms with Gasteiger partial charge in [-0.05, 0) is 32.0 Å². The molecule has 0 fully saturated rings. The second kappa shape index (κ2) is 4.58. The molecule has 1 aromatic carbocycles. The number of carboxylic acids is 1. The van der Waals surface area contributed by atoms with Crippen LogP contribution in [-0.4, -0.2) is 16.7 Å². The first-order chi connectivity index (χ1) is 7.35. The lowest BCUT2D eigenvalue weighted by Gasteiger charge is -2.21. The van der Waals surface area contributed by atoms with E-state index in [0.29, 0.717) is 4.47 Å². The van der Waals surface area contributed by atoms with Crippen LogP contribution in [0.3, 0.4) is 0 Å². The second-order valence-electron chi connectivity index (χ2n) is 3.70. The maximum atomic E-state index is 11.0. The van der Waals surface area contributed by atoms with E-state index in [1.165, 1.54) is 6.07 Å². The van der Waals surface area contributed by atoms with Crippen LogP contribution in [0.25, 0.3) is 0 Å². The maximum absolute atomic E-state index is 11.0. The number of rotatable bonds is 3. The minimum absolute atomic E-state index is 0.0812. The average Bonchev–Trinajstić information content (AvgIpc) is 2.20. The molecule has 0 bridgehead atoms. The number of hydrogen-bond acceptors (Lipinski definition) is 2. The molecule has 0 saturated heterocycles. The van der Waals surface area contributed by atoms with Gasteiger partial charge >= 0.3 is 5.97 Å². The summed E-state index contributed by atoms with van der Waals surface area (Å²) in [6.45, 7) is 3.39. The molecule has 0 radical (unpaired) electrons. The molecule has 0 saturated carbocycles. The summed E-state index contributed by atoms with van der Waals surface area (Å²) in [6, 6.07) is 4.76. The zero-order chi connectivity index (χ0) is 12.3.